The van der Waals surface area contributed by atoms with Crippen molar-refractivity contribution in [3.63, 3.8) is 0 Å². The Labute approximate surface area is 82.7 Å². The van der Waals surface area contributed by atoms with Gasteiger partial charge in [-0.15, -0.1) is 0 Å². The summed E-state index contributed by atoms with van der Waals surface area (Å²) in [6.07, 6.45) is 5.12. The van der Waals surface area contributed by atoms with Gasteiger partial charge in [-0.2, -0.15) is 0 Å². The fourth-order valence-corrected chi connectivity index (χ4v) is 1.06. The highest BCUT2D eigenvalue weighted by molar-refractivity contribution is 5.76. The molecule has 0 saturated heterocycles. The first-order chi connectivity index (χ1) is 6.79. The number of aliphatic imine (C=N–C) groups is 1. The van der Waals surface area contributed by atoms with E-state index in [1.165, 1.54) is 0 Å². The fraction of sp³-hybridized carbons (Fsp3) is 0.400. The van der Waals surface area contributed by atoms with Gasteiger partial charge in [0.25, 0.3) is 0 Å². The van der Waals surface area contributed by atoms with Crippen LogP contribution in [0.1, 0.15) is 25.0 Å². The lowest BCUT2D eigenvalue weighted by Crippen LogP contribution is -2.21. The molecule has 1 N–H and O–H groups in total. The second-order valence-electron chi connectivity index (χ2n) is 2.99. The summed E-state index contributed by atoms with van der Waals surface area (Å²) in [6.45, 7) is 0.659. The summed E-state index contributed by atoms with van der Waals surface area (Å²) in [5, 5.41) is 10.1. The average Bonchev–Trinajstić information content (AvgIpc) is 2.63. The van der Waals surface area contributed by atoms with Crippen molar-refractivity contribution < 1.29 is 9.90 Å². The van der Waals surface area contributed by atoms with Crippen LogP contribution in [0.15, 0.2) is 23.3 Å². The minimum Gasteiger partial charge on any atom is -0.550 e. The third kappa shape index (κ3) is 4.45. The van der Waals surface area contributed by atoms with Gasteiger partial charge in [0.1, 0.15) is 0 Å². The number of aromatic amines is 1. The van der Waals surface area contributed by atoms with Gasteiger partial charge in [-0.25, -0.2) is 0 Å². The van der Waals surface area contributed by atoms with Crippen molar-refractivity contribution in [1.29, 1.82) is 0 Å². The molecule has 0 aliphatic carbocycles. The zero-order chi connectivity index (χ0) is 10.2. The summed E-state index contributed by atoms with van der Waals surface area (Å²) >= 11 is 0. The van der Waals surface area contributed by atoms with E-state index in [2.05, 4.69) is 9.98 Å². The minimum atomic E-state index is -0.988. The lowest BCUT2D eigenvalue weighted by Gasteiger charge is -1.98. The number of hydrogen-bond donors (Lipinski definition) is 1. The smallest absolute Gasteiger partial charge is 0.0561 e. The highest BCUT2D eigenvalue weighted by Gasteiger charge is 1.88. The molecule has 0 aliphatic heterocycles. The minimum absolute atomic E-state index is 0.123. The molecule has 0 bridgehead atoms. The molecule has 0 aliphatic rings. The highest BCUT2D eigenvalue weighted by atomic mass is 16.4. The summed E-state index contributed by atoms with van der Waals surface area (Å²) in [4.78, 5) is 17.2. The molecule has 0 atom stereocenters. The SMILES string of the molecule is O=C([O-])CCCCN=Cc1ccc[nH]1. The first-order valence-electron chi connectivity index (χ1n) is 4.62. The molecule has 14 heavy (non-hydrogen) atoms. The van der Waals surface area contributed by atoms with Gasteiger partial charge in [-0.1, -0.05) is 0 Å². The third-order valence-electron chi connectivity index (χ3n) is 1.77. The maximum absolute atomic E-state index is 10.1. The van der Waals surface area contributed by atoms with Gasteiger partial charge in [0.2, 0.25) is 0 Å². The number of aromatic nitrogens is 1. The van der Waals surface area contributed by atoms with Crippen molar-refractivity contribution in [3.05, 3.63) is 24.0 Å². The number of unbranched alkanes of at least 4 members (excludes halogenated alkanes) is 1. The predicted octanol–water partition coefficient (Wildman–Crippen LogP) is 0.354. The fourth-order valence-electron chi connectivity index (χ4n) is 1.06. The van der Waals surface area contributed by atoms with E-state index >= 15 is 0 Å². The zero-order valence-electron chi connectivity index (χ0n) is 7.90. The molecule has 0 fully saturated rings. The molecule has 4 heteroatoms. The molecular formula is C10H13N2O2-. The number of hydrogen-bond acceptors (Lipinski definition) is 3. The molecular weight excluding hydrogens is 180 g/mol. The molecule has 0 saturated carbocycles. The maximum atomic E-state index is 10.1. The second-order valence-corrected chi connectivity index (χ2v) is 2.99. The number of nitrogens with one attached hydrogen (secondary N) is 1. The van der Waals surface area contributed by atoms with Crippen molar-refractivity contribution in [2.24, 2.45) is 4.99 Å². The Bertz CT molecular complexity index is 291. The number of carbonyl (C=O) groups is 1. The Morgan fingerprint density at radius 1 is 1.57 bits per heavy atom. The van der Waals surface area contributed by atoms with Crippen LogP contribution < -0.4 is 5.11 Å². The van der Waals surface area contributed by atoms with Crippen molar-refractivity contribution in [2.45, 2.75) is 19.3 Å². The van der Waals surface area contributed by atoms with E-state index in [4.69, 9.17) is 0 Å². The van der Waals surface area contributed by atoms with Crippen LogP contribution in [0.4, 0.5) is 0 Å². The summed E-state index contributed by atoms with van der Waals surface area (Å²) in [5.74, 6) is -0.988. The van der Waals surface area contributed by atoms with Gasteiger partial charge in [-0.05, 0) is 31.4 Å². The van der Waals surface area contributed by atoms with Crippen molar-refractivity contribution in [2.75, 3.05) is 6.54 Å². The van der Waals surface area contributed by atoms with Crippen LogP contribution in [0.3, 0.4) is 0 Å². The molecule has 76 valence electrons. The van der Waals surface area contributed by atoms with Crippen LogP contribution in [0.25, 0.3) is 0 Å². The van der Waals surface area contributed by atoms with Gasteiger partial charge in [-0.3, -0.25) is 4.99 Å². The standard InChI is InChI=1S/C10H14N2O2/c13-10(14)5-1-2-6-11-8-9-4-3-7-12-9/h3-4,7-8,12H,1-2,5-6H2,(H,13,14)/p-1. The number of rotatable bonds is 6. The van der Waals surface area contributed by atoms with E-state index in [0.29, 0.717) is 13.0 Å². The van der Waals surface area contributed by atoms with Gasteiger partial charge < -0.3 is 14.9 Å². The van der Waals surface area contributed by atoms with Crippen molar-refractivity contribution in [3.8, 4) is 0 Å². The zero-order valence-corrected chi connectivity index (χ0v) is 7.90. The van der Waals surface area contributed by atoms with Gasteiger partial charge in [0.05, 0.1) is 5.69 Å². The largest absolute Gasteiger partial charge is 0.550 e. The number of aliphatic carboxylic acids is 1. The van der Waals surface area contributed by atoms with E-state index in [-0.39, 0.29) is 6.42 Å². The van der Waals surface area contributed by atoms with Crippen LogP contribution in [-0.2, 0) is 4.79 Å². The van der Waals surface area contributed by atoms with E-state index in [0.717, 1.165) is 12.1 Å². The Morgan fingerprint density at radius 2 is 2.43 bits per heavy atom. The molecule has 0 aromatic carbocycles. The first kappa shape index (κ1) is 10.5. The second kappa shape index (κ2) is 5.96. The molecule has 0 amide bonds. The number of nitrogens with zero attached hydrogens (tertiary/aromatic N) is 1. The third-order valence-corrected chi connectivity index (χ3v) is 1.77. The Hall–Kier alpha value is -1.58. The molecule has 4 nitrogen and oxygen atoms in total. The lowest BCUT2D eigenvalue weighted by atomic mass is 10.2. The number of carbonyl (C=O) groups excluding carboxylic acids is 1. The Kier molecular flexibility index (Phi) is 4.47. The normalized spacial score (nSPS) is 10.9. The Balaban J connectivity index is 2.07. The predicted molar refractivity (Wildman–Crippen MR) is 52.1 cm³/mol. The highest BCUT2D eigenvalue weighted by Crippen LogP contribution is 1.95. The first-order valence-corrected chi connectivity index (χ1v) is 4.62. The number of carboxylic acids is 1. The van der Waals surface area contributed by atoms with Crippen molar-refractivity contribution >= 4 is 12.2 Å². The monoisotopic (exact) mass is 193 g/mol. The van der Waals surface area contributed by atoms with Gasteiger partial charge in [0.15, 0.2) is 0 Å². The topological polar surface area (TPSA) is 68.3 Å². The summed E-state index contributed by atoms with van der Waals surface area (Å²) in [5.41, 5.74) is 0.963. The number of carboxylic acid groups (broad SMARTS) is 1. The van der Waals surface area contributed by atoms with E-state index in [1.807, 2.05) is 18.3 Å². The average molecular weight is 193 g/mol. The number of H-pyrrole nitrogens is 1. The van der Waals surface area contributed by atoms with E-state index < -0.39 is 5.97 Å². The maximum Gasteiger partial charge on any atom is 0.0561 e. The van der Waals surface area contributed by atoms with Crippen LogP contribution >= 0.6 is 0 Å². The molecule has 0 radical (unpaired) electrons. The van der Waals surface area contributed by atoms with E-state index in [9.17, 15) is 9.90 Å². The van der Waals surface area contributed by atoms with Crippen molar-refractivity contribution in [1.82, 2.24) is 4.98 Å². The molecule has 1 heterocycles. The quantitative estimate of drug-likeness (QED) is 0.523. The molecule has 1 rings (SSSR count). The Morgan fingerprint density at radius 3 is 3.07 bits per heavy atom. The lowest BCUT2D eigenvalue weighted by molar-refractivity contribution is -0.305. The molecule has 1 aromatic rings. The van der Waals surface area contributed by atoms with Gasteiger partial charge >= 0.3 is 0 Å². The van der Waals surface area contributed by atoms with Crippen LogP contribution in [0, 0.1) is 0 Å². The van der Waals surface area contributed by atoms with Crippen LogP contribution in [0.5, 0.6) is 0 Å². The summed E-state index contributed by atoms with van der Waals surface area (Å²) in [7, 11) is 0. The van der Waals surface area contributed by atoms with E-state index in [1.54, 1.807) is 6.21 Å². The molecule has 0 unspecified atom stereocenters. The summed E-state index contributed by atoms with van der Waals surface area (Å²) < 4.78 is 0. The van der Waals surface area contributed by atoms with Crippen LogP contribution in [0.2, 0.25) is 0 Å². The molecule has 1 aromatic heterocycles. The van der Waals surface area contributed by atoms with Crippen LogP contribution in [-0.4, -0.2) is 23.7 Å². The molecule has 0 spiro atoms. The summed E-state index contributed by atoms with van der Waals surface area (Å²) in [6, 6.07) is 3.82. The van der Waals surface area contributed by atoms with Gasteiger partial charge in [0, 0.05) is 24.9 Å².